The van der Waals surface area contributed by atoms with Crippen LogP contribution in [0.3, 0.4) is 0 Å². The van der Waals surface area contributed by atoms with Gasteiger partial charge in [0.2, 0.25) is 0 Å². The van der Waals surface area contributed by atoms with Gasteiger partial charge in [-0.2, -0.15) is 0 Å². The Morgan fingerprint density at radius 1 is 1.28 bits per heavy atom. The van der Waals surface area contributed by atoms with Gasteiger partial charge in [0, 0.05) is 6.54 Å². The topological polar surface area (TPSA) is 54.7 Å². The van der Waals surface area contributed by atoms with Crippen molar-refractivity contribution >= 4 is 5.91 Å². The van der Waals surface area contributed by atoms with Crippen molar-refractivity contribution in [3.05, 3.63) is 54.0 Å². The number of rotatable bonds is 7. The summed E-state index contributed by atoms with van der Waals surface area (Å²) in [6.07, 6.45) is 3.91. The molecule has 0 spiro atoms. The third-order valence-electron chi connectivity index (χ3n) is 4.61. The molecule has 0 atom stereocenters. The van der Waals surface area contributed by atoms with Crippen molar-refractivity contribution in [3.63, 3.8) is 0 Å². The lowest BCUT2D eigenvalue weighted by molar-refractivity contribution is -0.123. The van der Waals surface area contributed by atoms with E-state index in [4.69, 9.17) is 9.15 Å². The molecule has 1 aromatic carbocycles. The maximum atomic E-state index is 12.0. The predicted molar refractivity (Wildman–Crippen MR) is 96.4 cm³/mol. The summed E-state index contributed by atoms with van der Waals surface area (Å²) >= 11 is 0. The van der Waals surface area contributed by atoms with E-state index in [1.165, 1.54) is 0 Å². The van der Waals surface area contributed by atoms with Gasteiger partial charge in [0.05, 0.1) is 12.8 Å². The molecule has 1 fully saturated rings. The van der Waals surface area contributed by atoms with E-state index in [0.29, 0.717) is 5.92 Å². The van der Waals surface area contributed by atoms with Crippen LogP contribution in [0.1, 0.15) is 24.2 Å². The molecule has 1 saturated heterocycles. The molecular weight excluding hydrogens is 316 g/mol. The van der Waals surface area contributed by atoms with E-state index in [0.717, 1.165) is 56.1 Å². The first-order chi connectivity index (χ1) is 12.2. The molecule has 0 saturated carbocycles. The summed E-state index contributed by atoms with van der Waals surface area (Å²) in [7, 11) is 0. The molecule has 1 amide bonds. The molecule has 1 aromatic heterocycles. The number of benzene rings is 1. The fourth-order valence-corrected chi connectivity index (χ4v) is 3.13. The van der Waals surface area contributed by atoms with E-state index < -0.39 is 0 Å². The number of carbonyl (C=O) groups excluding carboxylic acids is 1. The molecule has 1 N–H and O–H groups in total. The van der Waals surface area contributed by atoms with Gasteiger partial charge < -0.3 is 14.5 Å². The van der Waals surface area contributed by atoms with Gasteiger partial charge in [-0.1, -0.05) is 12.1 Å². The highest BCUT2D eigenvalue weighted by Crippen LogP contribution is 2.18. The summed E-state index contributed by atoms with van der Waals surface area (Å²) in [6, 6.07) is 11.7. The molecule has 0 radical (unpaired) electrons. The van der Waals surface area contributed by atoms with Crippen molar-refractivity contribution in [2.45, 2.75) is 26.3 Å². The zero-order chi connectivity index (χ0) is 17.5. The highest BCUT2D eigenvalue weighted by Gasteiger charge is 2.20. The lowest BCUT2D eigenvalue weighted by Crippen LogP contribution is -2.39. The van der Waals surface area contributed by atoms with Crippen molar-refractivity contribution in [1.82, 2.24) is 10.2 Å². The summed E-state index contributed by atoms with van der Waals surface area (Å²) in [5, 5.41) is 3.00. The van der Waals surface area contributed by atoms with Crippen molar-refractivity contribution in [3.8, 4) is 5.75 Å². The fourth-order valence-electron chi connectivity index (χ4n) is 3.13. The molecule has 2 heterocycles. The van der Waals surface area contributed by atoms with Gasteiger partial charge in [0.1, 0.15) is 11.5 Å². The predicted octanol–water partition coefficient (Wildman–Crippen LogP) is 3.00. The average Bonchev–Trinajstić information content (AvgIpc) is 3.12. The zero-order valence-corrected chi connectivity index (χ0v) is 14.7. The first kappa shape index (κ1) is 17.5. The SMILES string of the molecule is Cc1cccc(OCC(=O)NCC2CCN(Cc3ccco3)CC2)c1. The van der Waals surface area contributed by atoms with Crippen LogP contribution >= 0.6 is 0 Å². The quantitative estimate of drug-likeness (QED) is 0.840. The molecule has 3 rings (SSSR count). The molecule has 1 aliphatic rings. The third kappa shape index (κ3) is 5.64. The van der Waals surface area contributed by atoms with Gasteiger partial charge in [-0.15, -0.1) is 0 Å². The van der Waals surface area contributed by atoms with E-state index >= 15 is 0 Å². The van der Waals surface area contributed by atoms with Crippen LogP contribution in [0.4, 0.5) is 0 Å². The van der Waals surface area contributed by atoms with Crippen LogP contribution in [-0.4, -0.2) is 37.0 Å². The first-order valence-electron chi connectivity index (χ1n) is 8.90. The number of piperidine rings is 1. The van der Waals surface area contributed by atoms with Gasteiger partial charge >= 0.3 is 0 Å². The Hall–Kier alpha value is -2.27. The van der Waals surface area contributed by atoms with Gasteiger partial charge in [-0.05, 0) is 68.6 Å². The monoisotopic (exact) mass is 342 g/mol. The Morgan fingerprint density at radius 2 is 2.12 bits per heavy atom. The minimum atomic E-state index is -0.0560. The van der Waals surface area contributed by atoms with Crippen LogP contribution in [0.5, 0.6) is 5.75 Å². The van der Waals surface area contributed by atoms with Gasteiger partial charge in [-0.25, -0.2) is 0 Å². The number of ether oxygens (including phenoxy) is 1. The molecule has 0 aliphatic carbocycles. The Morgan fingerprint density at radius 3 is 2.84 bits per heavy atom. The van der Waals surface area contributed by atoms with E-state index in [2.05, 4.69) is 10.2 Å². The maximum absolute atomic E-state index is 12.0. The van der Waals surface area contributed by atoms with Crippen LogP contribution < -0.4 is 10.1 Å². The van der Waals surface area contributed by atoms with Crippen LogP contribution in [0, 0.1) is 12.8 Å². The lowest BCUT2D eigenvalue weighted by atomic mass is 9.96. The largest absolute Gasteiger partial charge is 0.484 e. The van der Waals surface area contributed by atoms with E-state index in [1.54, 1.807) is 6.26 Å². The second-order valence-electron chi connectivity index (χ2n) is 6.71. The molecule has 1 aliphatic heterocycles. The number of aryl methyl sites for hydroxylation is 1. The number of hydrogen-bond acceptors (Lipinski definition) is 4. The molecule has 5 heteroatoms. The number of likely N-dealkylation sites (tertiary alicyclic amines) is 1. The summed E-state index contributed by atoms with van der Waals surface area (Å²) in [6.45, 7) is 5.76. The van der Waals surface area contributed by atoms with Crippen molar-refractivity contribution in [2.24, 2.45) is 5.92 Å². The average molecular weight is 342 g/mol. The molecule has 134 valence electrons. The maximum Gasteiger partial charge on any atom is 0.257 e. The molecule has 5 nitrogen and oxygen atoms in total. The Kier molecular flexibility index (Phi) is 6.12. The number of hydrogen-bond donors (Lipinski definition) is 1. The Labute approximate surface area is 149 Å². The number of nitrogens with zero attached hydrogens (tertiary/aromatic N) is 1. The van der Waals surface area contributed by atoms with Crippen LogP contribution in [0.2, 0.25) is 0 Å². The minimum Gasteiger partial charge on any atom is -0.484 e. The van der Waals surface area contributed by atoms with Gasteiger partial charge in [0.25, 0.3) is 5.91 Å². The third-order valence-corrected chi connectivity index (χ3v) is 4.61. The first-order valence-corrected chi connectivity index (χ1v) is 8.90. The molecule has 2 aromatic rings. The minimum absolute atomic E-state index is 0.0560. The second kappa shape index (κ2) is 8.72. The summed E-state index contributed by atoms with van der Waals surface area (Å²) < 4.78 is 10.9. The van der Waals surface area contributed by atoms with Crippen molar-refractivity contribution < 1.29 is 13.9 Å². The molecule has 0 unspecified atom stereocenters. The summed E-state index contributed by atoms with van der Waals surface area (Å²) in [4.78, 5) is 14.4. The van der Waals surface area contributed by atoms with E-state index in [-0.39, 0.29) is 12.5 Å². The number of amides is 1. The number of carbonyl (C=O) groups is 1. The molecular formula is C20H26N2O3. The zero-order valence-electron chi connectivity index (χ0n) is 14.7. The van der Waals surface area contributed by atoms with Crippen LogP contribution in [-0.2, 0) is 11.3 Å². The fraction of sp³-hybridized carbons (Fsp3) is 0.450. The molecule has 0 bridgehead atoms. The lowest BCUT2D eigenvalue weighted by Gasteiger charge is -2.31. The number of nitrogens with one attached hydrogen (secondary N) is 1. The smallest absolute Gasteiger partial charge is 0.257 e. The van der Waals surface area contributed by atoms with Crippen LogP contribution in [0.15, 0.2) is 47.1 Å². The van der Waals surface area contributed by atoms with Gasteiger partial charge in [-0.3, -0.25) is 9.69 Å². The van der Waals surface area contributed by atoms with Crippen molar-refractivity contribution in [1.29, 1.82) is 0 Å². The highest BCUT2D eigenvalue weighted by atomic mass is 16.5. The van der Waals surface area contributed by atoms with Crippen LogP contribution in [0.25, 0.3) is 0 Å². The summed E-state index contributed by atoms with van der Waals surface area (Å²) in [5.74, 6) is 2.23. The van der Waals surface area contributed by atoms with Gasteiger partial charge in [0.15, 0.2) is 6.61 Å². The van der Waals surface area contributed by atoms with E-state index in [1.807, 2.05) is 43.3 Å². The second-order valence-corrected chi connectivity index (χ2v) is 6.71. The Bertz CT molecular complexity index is 661. The normalized spacial score (nSPS) is 15.9. The number of furan rings is 1. The molecule has 25 heavy (non-hydrogen) atoms. The highest BCUT2D eigenvalue weighted by molar-refractivity contribution is 5.77. The Balaban J connectivity index is 1.32. The standard InChI is InChI=1S/C20H26N2O3/c1-16-4-2-5-18(12-16)25-15-20(23)21-13-17-7-9-22(10-8-17)14-19-6-3-11-24-19/h2-6,11-12,17H,7-10,13-15H2,1H3,(H,21,23). The van der Waals surface area contributed by atoms with Crippen molar-refractivity contribution in [2.75, 3.05) is 26.2 Å². The summed E-state index contributed by atoms with van der Waals surface area (Å²) in [5.41, 5.74) is 1.12. The van der Waals surface area contributed by atoms with E-state index in [9.17, 15) is 4.79 Å².